The normalized spacial score (nSPS) is 15.2. The maximum absolute atomic E-state index is 11.9. The maximum atomic E-state index is 11.9. The third-order valence-electron chi connectivity index (χ3n) is 6.08. The van der Waals surface area contributed by atoms with Crippen molar-refractivity contribution in [1.82, 2.24) is 0 Å². The number of carbonyl (C=O) groups excluding carboxylic acids is 1. The Bertz CT molecular complexity index is 884. The van der Waals surface area contributed by atoms with Gasteiger partial charge in [-0.25, -0.2) is 4.79 Å². The van der Waals surface area contributed by atoms with E-state index in [0.29, 0.717) is 18.2 Å². The van der Waals surface area contributed by atoms with Crippen LogP contribution >= 0.6 is 0 Å². The van der Waals surface area contributed by atoms with Crippen molar-refractivity contribution in [3.63, 3.8) is 0 Å². The Kier molecular flexibility index (Phi) is 5.92. The summed E-state index contributed by atoms with van der Waals surface area (Å²) in [6.07, 6.45) is 1.15. The van der Waals surface area contributed by atoms with E-state index in [1.165, 1.54) is 22.5 Å². The zero-order valence-corrected chi connectivity index (χ0v) is 18.9. The van der Waals surface area contributed by atoms with Crippen LogP contribution in [0.4, 0.5) is 17.1 Å². The van der Waals surface area contributed by atoms with E-state index in [2.05, 4.69) is 63.6 Å². The zero-order chi connectivity index (χ0) is 21.3. The Hall–Kier alpha value is -2.49. The molecule has 0 spiro atoms. The van der Waals surface area contributed by atoms with Crippen LogP contribution in [0.25, 0.3) is 0 Å². The van der Waals surface area contributed by atoms with Crippen LogP contribution in [-0.2, 0) is 10.2 Å². The second kappa shape index (κ2) is 8.10. The number of nitrogens with zero attached hydrogens (tertiary/aromatic N) is 2. The van der Waals surface area contributed by atoms with Gasteiger partial charge in [0.15, 0.2) is 0 Å². The van der Waals surface area contributed by atoms with Gasteiger partial charge in [0.05, 0.1) is 12.2 Å². The molecule has 1 aliphatic heterocycles. The molecule has 29 heavy (non-hydrogen) atoms. The van der Waals surface area contributed by atoms with Crippen LogP contribution in [0.5, 0.6) is 0 Å². The van der Waals surface area contributed by atoms with Crippen molar-refractivity contribution < 1.29 is 9.53 Å². The smallest absolute Gasteiger partial charge is 0.338 e. The first-order valence-corrected chi connectivity index (χ1v) is 10.6. The predicted octanol–water partition coefficient (Wildman–Crippen LogP) is 5.84. The molecule has 2 aromatic carbocycles. The van der Waals surface area contributed by atoms with E-state index < -0.39 is 0 Å². The van der Waals surface area contributed by atoms with E-state index in [9.17, 15) is 4.79 Å². The molecule has 4 heteroatoms. The molecule has 0 bridgehead atoms. The highest BCUT2D eigenvalue weighted by Crippen LogP contribution is 2.44. The molecule has 0 radical (unpaired) electrons. The van der Waals surface area contributed by atoms with Crippen molar-refractivity contribution in [3.8, 4) is 0 Å². The van der Waals surface area contributed by atoms with E-state index in [4.69, 9.17) is 4.74 Å². The minimum absolute atomic E-state index is 0.151. The van der Waals surface area contributed by atoms with Crippen LogP contribution in [-0.4, -0.2) is 32.2 Å². The van der Waals surface area contributed by atoms with Crippen molar-refractivity contribution in [3.05, 3.63) is 53.1 Å². The lowest BCUT2D eigenvalue weighted by molar-refractivity contribution is 0.0526. The molecule has 4 nitrogen and oxygen atoms in total. The summed E-state index contributed by atoms with van der Waals surface area (Å²) in [5.41, 5.74) is 7.01. The van der Waals surface area contributed by atoms with Gasteiger partial charge in [-0.2, -0.15) is 0 Å². The van der Waals surface area contributed by atoms with Crippen molar-refractivity contribution in [2.24, 2.45) is 0 Å². The first kappa shape index (κ1) is 21.2. The van der Waals surface area contributed by atoms with Crippen molar-refractivity contribution in [2.75, 3.05) is 30.0 Å². The number of ether oxygens (including phenoxy) is 1. The summed E-state index contributed by atoms with van der Waals surface area (Å²) in [6, 6.07) is 12.8. The molecule has 0 aromatic heterocycles. The van der Waals surface area contributed by atoms with E-state index in [0.717, 1.165) is 18.7 Å². The number of esters is 1. The summed E-state index contributed by atoms with van der Waals surface area (Å²) in [7, 11) is 2.09. The first-order chi connectivity index (χ1) is 13.7. The summed E-state index contributed by atoms with van der Waals surface area (Å²) in [5, 5.41) is 0. The lowest BCUT2D eigenvalue weighted by Crippen LogP contribution is -2.41. The van der Waals surface area contributed by atoms with E-state index in [-0.39, 0.29) is 11.4 Å². The Balaban J connectivity index is 1.98. The molecule has 156 valence electrons. The van der Waals surface area contributed by atoms with Crippen LogP contribution in [0.15, 0.2) is 36.4 Å². The molecule has 1 heterocycles. The van der Waals surface area contributed by atoms with Crippen LogP contribution in [0.2, 0.25) is 0 Å². The molecule has 0 unspecified atom stereocenters. The highest BCUT2D eigenvalue weighted by Gasteiger charge is 2.33. The van der Waals surface area contributed by atoms with Gasteiger partial charge in [-0.3, -0.25) is 0 Å². The summed E-state index contributed by atoms with van der Waals surface area (Å²) in [6.45, 7) is 14.7. The van der Waals surface area contributed by atoms with Gasteiger partial charge in [0.2, 0.25) is 0 Å². The lowest BCUT2D eigenvalue weighted by Gasteiger charge is -2.43. The molecule has 3 rings (SSSR count). The fraction of sp³-hybridized carbons (Fsp3) is 0.480. The largest absolute Gasteiger partial charge is 0.462 e. The maximum Gasteiger partial charge on any atom is 0.338 e. The van der Waals surface area contributed by atoms with Crippen molar-refractivity contribution in [2.45, 2.75) is 59.4 Å². The number of hydrogen-bond acceptors (Lipinski definition) is 4. The fourth-order valence-corrected chi connectivity index (χ4v) is 4.19. The van der Waals surface area contributed by atoms with E-state index in [1.807, 2.05) is 31.2 Å². The van der Waals surface area contributed by atoms with Gasteiger partial charge in [-0.1, -0.05) is 13.8 Å². The molecule has 0 aliphatic carbocycles. The van der Waals surface area contributed by atoms with Crippen molar-refractivity contribution in [1.29, 1.82) is 0 Å². The minimum atomic E-state index is -0.276. The second-order valence-electron chi connectivity index (χ2n) is 8.90. The van der Waals surface area contributed by atoms with Crippen molar-refractivity contribution >= 4 is 23.0 Å². The standard InChI is InChI=1S/C25H34N2O2/c1-8-29-24(28)19-9-11-20(12-10-19)26(7)22-16-21-23(15-18(22)4)27(17(2)3)14-13-25(21,5)6/h9-12,15-17H,8,13-14H2,1-7H3. The summed E-state index contributed by atoms with van der Waals surface area (Å²) < 4.78 is 5.09. The Morgan fingerprint density at radius 1 is 1.21 bits per heavy atom. The molecule has 0 amide bonds. The number of hydrogen-bond donors (Lipinski definition) is 0. The zero-order valence-electron chi connectivity index (χ0n) is 18.9. The summed E-state index contributed by atoms with van der Waals surface area (Å²) >= 11 is 0. The lowest BCUT2D eigenvalue weighted by atomic mass is 9.76. The number of rotatable bonds is 5. The first-order valence-electron chi connectivity index (χ1n) is 10.6. The number of benzene rings is 2. The molecular formula is C25H34N2O2. The fourth-order valence-electron chi connectivity index (χ4n) is 4.19. The molecule has 2 aromatic rings. The predicted molar refractivity (Wildman–Crippen MR) is 122 cm³/mol. The SMILES string of the molecule is CCOC(=O)c1ccc(N(C)c2cc3c(cc2C)N(C(C)C)CCC3(C)C)cc1. The van der Waals surface area contributed by atoms with Gasteiger partial charge in [0.1, 0.15) is 0 Å². The summed E-state index contributed by atoms with van der Waals surface area (Å²) in [5.74, 6) is -0.276. The average Bonchev–Trinajstić information content (AvgIpc) is 2.67. The Morgan fingerprint density at radius 3 is 2.45 bits per heavy atom. The third-order valence-corrected chi connectivity index (χ3v) is 6.08. The average molecular weight is 395 g/mol. The number of anilines is 3. The molecule has 0 N–H and O–H groups in total. The minimum Gasteiger partial charge on any atom is -0.462 e. The topological polar surface area (TPSA) is 32.8 Å². The quantitative estimate of drug-likeness (QED) is 0.597. The summed E-state index contributed by atoms with van der Waals surface area (Å²) in [4.78, 5) is 16.6. The van der Waals surface area contributed by atoms with Gasteiger partial charge < -0.3 is 14.5 Å². The van der Waals surface area contributed by atoms with Crippen LogP contribution in [0, 0.1) is 6.92 Å². The molecule has 0 saturated carbocycles. The number of aryl methyl sites for hydroxylation is 1. The monoisotopic (exact) mass is 394 g/mol. The second-order valence-corrected chi connectivity index (χ2v) is 8.90. The van der Waals surface area contributed by atoms with Crippen LogP contribution in [0.1, 0.15) is 62.5 Å². The highest BCUT2D eigenvalue weighted by molar-refractivity contribution is 5.90. The molecule has 0 atom stereocenters. The number of carbonyl (C=O) groups is 1. The number of fused-ring (bicyclic) bond motifs is 1. The van der Waals surface area contributed by atoms with Crippen LogP contribution < -0.4 is 9.80 Å². The van der Waals surface area contributed by atoms with Gasteiger partial charge >= 0.3 is 5.97 Å². The molecular weight excluding hydrogens is 360 g/mol. The van der Waals surface area contributed by atoms with Gasteiger partial charge in [0.25, 0.3) is 0 Å². The van der Waals surface area contributed by atoms with Gasteiger partial charge in [-0.05, 0) is 87.1 Å². The third kappa shape index (κ3) is 4.12. The van der Waals surface area contributed by atoms with E-state index >= 15 is 0 Å². The van der Waals surface area contributed by atoms with Crippen LogP contribution in [0.3, 0.4) is 0 Å². The highest BCUT2D eigenvalue weighted by atomic mass is 16.5. The van der Waals surface area contributed by atoms with Gasteiger partial charge in [0, 0.05) is 36.7 Å². The molecule has 0 saturated heterocycles. The molecule has 0 fully saturated rings. The van der Waals surface area contributed by atoms with E-state index in [1.54, 1.807) is 0 Å². The Morgan fingerprint density at radius 2 is 1.86 bits per heavy atom. The molecule has 1 aliphatic rings. The van der Waals surface area contributed by atoms with Gasteiger partial charge in [-0.15, -0.1) is 0 Å². The Labute approximate surface area is 175 Å².